The van der Waals surface area contributed by atoms with Crippen LogP contribution in [0.4, 0.5) is 4.39 Å². The molecule has 1 aliphatic rings. The van der Waals surface area contributed by atoms with Crippen molar-refractivity contribution < 1.29 is 9.18 Å². The Morgan fingerprint density at radius 1 is 1.00 bits per heavy atom. The Labute approximate surface area is 146 Å². The van der Waals surface area contributed by atoms with Gasteiger partial charge in [0, 0.05) is 42.8 Å². The lowest BCUT2D eigenvalue weighted by Gasteiger charge is -2.38. The molecule has 0 spiro atoms. The SMILES string of the molecule is CC(c1ccc(F)cc1)N1CCN(C(=O)c2ccc(Cl)cc2)CC1. The van der Waals surface area contributed by atoms with E-state index < -0.39 is 0 Å². The number of rotatable bonds is 3. The molecule has 1 saturated heterocycles. The third-order valence-corrected chi connectivity index (χ3v) is 4.84. The van der Waals surface area contributed by atoms with Crippen LogP contribution in [0, 0.1) is 5.82 Å². The summed E-state index contributed by atoms with van der Waals surface area (Å²) in [7, 11) is 0. The molecule has 1 amide bonds. The lowest BCUT2D eigenvalue weighted by atomic mass is 10.1. The van der Waals surface area contributed by atoms with Crippen molar-refractivity contribution in [2.45, 2.75) is 13.0 Å². The van der Waals surface area contributed by atoms with E-state index in [1.54, 1.807) is 24.3 Å². The molecule has 1 aliphatic heterocycles. The molecular weight excluding hydrogens is 327 g/mol. The van der Waals surface area contributed by atoms with Crippen molar-refractivity contribution in [2.75, 3.05) is 26.2 Å². The van der Waals surface area contributed by atoms with Gasteiger partial charge in [0.1, 0.15) is 5.82 Å². The first-order valence-corrected chi connectivity index (χ1v) is 8.47. The number of amides is 1. The van der Waals surface area contributed by atoms with Gasteiger partial charge >= 0.3 is 0 Å². The average molecular weight is 347 g/mol. The van der Waals surface area contributed by atoms with Crippen molar-refractivity contribution in [3.8, 4) is 0 Å². The molecule has 1 unspecified atom stereocenters. The Morgan fingerprint density at radius 2 is 1.58 bits per heavy atom. The van der Waals surface area contributed by atoms with Gasteiger partial charge in [-0.15, -0.1) is 0 Å². The molecule has 0 N–H and O–H groups in total. The zero-order chi connectivity index (χ0) is 17.1. The molecule has 1 fully saturated rings. The van der Waals surface area contributed by atoms with Crippen molar-refractivity contribution in [1.29, 1.82) is 0 Å². The van der Waals surface area contributed by atoms with E-state index in [1.165, 1.54) is 12.1 Å². The predicted octanol–water partition coefficient (Wildman–Crippen LogP) is 4.00. The third-order valence-electron chi connectivity index (χ3n) is 4.59. The van der Waals surface area contributed by atoms with Crippen molar-refractivity contribution in [2.24, 2.45) is 0 Å². The summed E-state index contributed by atoms with van der Waals surface area (Å²) < 4.78 is 13.1. The van der Waals surface area contributed by atoms with Crippen LogP contribution in [-0.2, 0) is 0 Å². The predicted molar refractivity (Wildman–Crippen MR) is 93.7 cm³/mol. The second-order valence-electron chi connectivity index (χ2n) is 6.06. The van der Waals surface area contributed by atoms with Crippen LogP contribution in [0.2, 0.25) is 5.02 Å². The van der Waals surface area contributed by atoms with Crippen LogP contribution in [0.15, 0.2) is 48.5 Å². The second-order valence-corrected chi connectivity index (χ2v) is 6.50. The quantitative estimate of drug-likeness (QED) is 0.838. The standard InChI is InChI=1S/C19H20ClFN2O/c1-14(15-4-8-18(21)9-5-15)22-10-12-23(13-11-22)19(24)16-2-6-17(20)7-3-16/h2-9,14H,10-13H2,1H3. The molecule has 0 aliphatic carbocycles. The first-order valence-electron chi connectivity index (χ1n) is 8.09. The van der Waals surface area contributed by atoms with Crippen LogP contribution >= 0.6 is 11.6 Å². The summed E-state index contributed by atoms with van der Waals surface area (Å²) in [6.45, 7) is 5.10. The molecule has 2 aromatic carbocycles. The van der Waals surface area contributed by atoms with E-state index in [0.717, 1.165) is 18.7 Å². The minimum Gasteiger partial charge on any atom is -0.336 e. The minimum atomic E-state index is -0.218. The van der Waals surface area contributed by atoms with Gasteiger partial charge < -0.3 is 4.90 Å². The van der Waals surface area contributed by atoms with Gasteiger partial charge in [-0.2, -0.15) is 0 Å². The van der Waals surface area contributed by atoms with Crippen LogP contribution in [-0.4, -0.2) is 41.9 Å². The van der Waals surface area contributed by atoms with Crippen molar-refractivity contribution in [3.63, 3.8) is 0 Å². The number of hydrogen-bond acceptors (Lipinski definition) is 2. The summed E-state index contributed by atoms with van der Waals surface area (Å²) in [6, 6.07) is 13.8. The lowest BCUT2D eigenvalue weighted by molar-refractivity contribution is 0.0582. The lowest BCUT2D eigenvalue weighted by Crippen LogP contribution is -2.49. The van der Waals surface area contributed by atoms with E-state index >= 15 is 0 Å². The van der Waals surface area contributed by atoms with E-state index in [0.29, 0.717) is 23.7 Å². The highest BCUT2D eigenvalue weighted by Gasteiger charge is 2.25. The summed E-state index contributed by atoms with van der Waals surface area (Å²) in [5, 5.41) is 0.629. The van der Waals surface area contributed by atoms with Crippen molar-refractivity contribution >= 4 is 17.5 Å². The number of benzene rings is 2. The summed E-state index contributed by atoms with van der Waals surface area (Å²) >= 11 is 5.87. The van der Waals surface area contributed by atoms with E-state index in [-0.39, 0.29) is 17.8 Å². The van der Waals surface area contributed by atoms with Gasteiger partial charge in [0.15, 0.2) is 0 Å². The van der Waals surface area contributed by atoms with Crippen molar-refractivity contribution in [3.05, 3.63) is 70.5 Å². The first kappa shape index (κ1) is 16.9. The van der Waals surface area contributed by atoms with Gasteiger partial charge in [0.25, 0.3) is 5.91 Å². The Kier molecular flexibility index (Phi) is 5.17. The maximum atomic E-state index is 13.1. The summed E-state index contributed by atoms with van der Waals surface area (Å²) in [6.07, 6.45) is 0. The topological polar surface area (TPSA) is 23.6 Å². The molecule has 126 valence electrons. The van der Waals surface area contributed by atoms with E-state index in [9.17, 15) is 9.18 Å². The first-order chi connectivity index (χ1) is 11.5. The molecule has 1 atom stereocenters. The van der Waals surface area contributed by atoms with Crippen LogP contribution in [0.1, 0.15) is 28.9 Å². The highest BCUT2D eigenvalue weighted by molar-refractivity contribution is 6.30. The monoisotopic (exact) mass is 346 g/mol. The maximum absolute atomic E-state index is 13.1. The fourth-order valence-electron chi connectivity index (χ4n) is 3.04. The second kappa shape index (κ2) is 7.32. The maximum Gasteiger partial charge on any atom is 0.253 e. The molecule has 3 rings (SSSR count). The molecular formula is C19H20ClFN2O. The summed E-state index contributed by atoms with van der Waals surface area (Å²) in [5.74, 6) is -0.176. The normalized spacial score (nSPS) is 16.9. The highest BCUT2D eigenvalue weighted by atomic mass is 35.5. The van der Waals surface area contributed by atoms with Gasteiger partial charge in [0.2, 0.25) is 0 Å². The van der Waals surface area contributed by atoms with Gasteiger partial charge in [0.05, 0.1) is 0 Å². The van der Waals surface area contributed by atoms with E-state index in [4.69, 9.17) is 11.6 Å². The van der Waals surface area contributed by atoms with Gasteiger partial charge in [-0.3, -0.25) is 9.69 Å². The van der Waals surface area contributed by atoms with Gasteiger partial charge in [-0.25, -0.2) is 4.39 Å². The van der Waals surface area contributed by atoms with Gasteiger partial charge in [-0.1, -0.05) is 23.7 Å². The highest BCUT2D eigenvalue weighted by Crippen LogP contribution is 2.22. The number of carbonyl (C=O) groups is 1. The summed E-state index contributed by atoms with van der Waals surface area (Å²) in [5.41, 5.74) is 1.76. The number of nitrogens with zero attached hydrogens (tertiary/aromatic N) is 2. The molecule has 5 heteroatoms. The molecule has 1 heterocycles. The minimum absolute atomic E-state index is 0.0424. The molecule has 3 nitrogen and oxygen atoms in total. The Morgan fingerprint density at radius 3 is 2.17 bits per heavy atom. The van der Waals surface area contributed by atoms with Gasteiger partial charge in [-0.05, 0) is 48.9 Å². The number of carbonyl (C=O) groups excluding carboxylic acids is 1. The van der Waals surface area contributed by atoms with Crippen LogP contribution < -0.4 is 0 Å². The van der Waals surface area contributed by atoms with Crippen LogP contribution in [0.25, 0.3) is 0 Å². The van der Waals surface area contributed by atoms with Crippen LogP contribution in [0.3, 0.4) is 0 Å². The summed E-state index contributed by atoms with van der Waals surface area (Å²) in [4.78, 5) is 16.7. The third kappa shape index (κ3) is 3.77. The Hall–Kier alpha value is -1.91. The fraction of sp³-hybridized carbons (Fsp3) is 0.316. The molecule has 24 heavy (non-hydrogen) atoms. The molecule has 0 aromatic heterocycles. The van der Waals surface area contributed by atoms with Crippen LogP contribution in [0.5, 0.6) is 0 Å². The van der Waals surface area contributed by atoms with Crippen molar-refractivity contribution in [1.82, 2.24) is 9.80 Å². The number of halogens is 2. The number of piperazine rings is 1. The van der Waals surface area contributed by atoms with E-state index in [1.807, 2.05) is 17.0 Å². The Bertz CT molecular complexity index is 694. The largest absolute Gasteiger partial charge is 0.336 e. The average Bonchev–Trinajstić information content (AvgIpc) is 2.62. The van der Waals surface area contributed by atoms with E-state index in [2.05, 4.69) is 11.8 Å². The zero-order valence-electron chi connectivity index (χ0n) is 13.6. The molecule has 0 saturated carbocycles. The Balaban J connectivity index is 1.60. The molecule has 2 aromatic rings. The fourth-order valence-corrected chi connectivity index (χ4v) is 3.17. The smallest absolute Gasteiger partial charge is 0.253 e. The zero-order valence-corrected chi connectivity index (χ0v) is 14.3. The molecule has 0 bridgehead atoms. The molecule has 0 radical (unpaired) electrons. The number of hydrogen-bond donors (Lipinski definition) is 0.